The first-order valence-corrected chi connectivity index (χ1v) is 7.76. The van der Waals surface area contributed by atoms with Crippen LogP contribution in [0.25, 0.3) is 0 Å². The SMILES string of the molecule is Cc1ncc(C(=O)NC(C)c2nc3c(s2)CCCC3)[nH]1. The summed E-state index contributed by atoms with van der Waals surface area (Å²) in [6.45, 7) is 3.81. The van der Waals surface area contributed by atoms with Crippen LogP contribution in [-0.4, -0.2) is 20.9 Å². The molecule has 106 valence electrons. The van der Waals surface area contributed by atoms with Crippen molar-refractivity contribution in [2.75, 3.05) is 0 Å². The number of carbonyl (C=O) groups is 1. The van der Waals surface area contributed by atoms with E-state index < -0.39 is 0 Å². The number of fused-ring (bicyclic) bond motifs is 1. The van der Waals surface area contributed by atoms with Gasteiger partial charge in [-0.25, -0.2) is 9.97 Å². The minimum absolute atomic E-state index is 0.0679. The zero-order chi connectivity index (χ0) is 14.1. The van der Waals surface area contributed by atoms with Gasteiger partial charge in [-0.3, -0.25) is 4.79 Å². The minimum Gasteiger partial charge on any atom is -0.342 e. The molecule has 2 N–H and O–H groups in total. The van der Waals surface area contributed by atoms with Gasteiger partial charge in [0.2, 0.25) is 0 Å². The topological polar surface area (TPSA) is 70.7 Å². The highest BCUT2D eigenvalue weighted by atomic mass is 32.1. The van der Waals surface area contributed by atoms with Crippen molar-refractivity contribution in [1.82, 2.24) is 20.3 Å². The predicted molar refractivity (Wildman–Crippen MR) is 78.0 cm³/mol. The van der Waals surface area contributed by atoms with Gasteiger partial charge in [0.15, 0.2) is 0 Å². The van der Waals surface area contributed by atoms with Crippen LogP contribution >= 0.6 is 11.3 Å². The molecule has 1 atom stereocenters. The first kappa shape index (κ1) is 13.3. The number of nitrogens with one attached hydrogen (secondary N) is 2. The average Bonchev–Trinajstić information content (AvgIpc) is 3.04. The van der Waals surface area contributed by atoms with Gasteiger partial charge in [-0.2, -0.15) is 0 Å². The largest absolute Gasteiger partial charge is 0.342 e. The number of carbonyl (C=O) groups excluding carboxylic acids is 1. The van der Waals surface area contributed by atoms with Gasteiger partial charge in [0.05, 0.1) is 17.9 Å². The van der Waals surface area contributed by atoms with Gasteiger partial charge in [0.1, 0.15) is 16.5 Å². The van der Waals surface area contributed by atoms with Gasteiger partial charge in [0.25, 0.3) is 5.91 Å². The molecule has 0 saturated carbocycles. The lowest BCUT2D eigenvalue weighted by molar-refractivity contribution is 0.0935. The molecule has 1 aliphatic carbocycles. The molecule has 2 aromatic rings. The van der Waals surface area contributed by atoms with E-state index in [1.54, 1.807) is 17.5 Å². The minimum atomic E-state index is -0.133. The summed E-state index contributed by atoms with van der Waals surface area (Å²) in [4.78, 5) is 25.1. The summed E-state index contributed by atoms with van der Waals surface area (Å²) in [5.41, 5.74) is 1.73. The van der Waals surface area contributed by atoms with Gasteiger partial charge < -0.3 is 10.3 Å². The fourth-order valence-electron chi connectivity index (χ4n) is 2.43. The average molecular weight is 290 g/mol. The smallest absolute Gasteiger partial charge is 0.269 e. The van der Waals surface area contributed by atoms with Crippen LogP contribution < -0.4 is 5.32 Å². The molecule has 0 bridgehead atoms. The number of hydrogen-bond acceptors (Lipinski definition) is 4. The Morgan fingerprint density at radius 3 is 2.95 bits per heavy atom. The van der Waals surface area contributed by atoms with Gasteiger partial charge in [-0.05, 0) is 39.5 Å². The van der Waals surface area contributed by atoms with Crippen molar-refractivity contribution >= 4 is 17.2 Å². The van der Waals surface area contributed by atoms with Crippen molar-refractivity contribution in [3.05, 3.63) is 33.3 Å². The number of hydrogen-bond donors (Lipinski definition) is 2. The Hall–Kier alpha value is -1.69. The second-order valence-corrected chi connectivity index (χ2v) is 6.32. The van der Waals surface area contributed by atoms with Crippen molar-refractivity contribution in [1.29, 1.82) is 0 Å². The molecule has 5 nitrogen and oxygen atoms in total. The highest BCUT2D eigenvalue weighted by molar-refractivity contribution is 7.11. The number of aryl methyl sites for hydroxylation is 3. The lowest BCUT2D eigenvalue weighted by Crippen LogP contribution is -2.26. The summed E-state index contributed by atoms with van der Waals surface area (Å²) in [6, 6.07) is -0.0679. The molecule has 6 heteroatoms. The molecule has 0 aliphatic heterocycles. The normalized spacial score (nSPS) is 15.7. The summed E-state index contributed by atoms with van der Waals surface area (Å²) in [5, 5.41) is 3.97. The van der Waals surface area contributed by atoms with Crippen LogP contribution in [0.4, 0.5) is 0 Å². The van der Waals surface area contributed by atoms with Crippen LogP contribution in [0.5, 0.6) is 0 Å². The van der Waals surface area contributed by atoms with E-state index >= 15 is 0 Å². The van der Waals surface area contributed by atoms with E-state index in [2.05, 4.69) is 20.3 Å². The summed E-state index contributed by atoms with van der Waals surface area (Å²) < 4.78 is 0. The van der Waals surface area contributed by atoms with E-state index in [9.17, 15) is 4.79 Å². The van der Waals surface area contributed by atoms with Gasteiger partial charge in [-0.1, -0.05) is 0 Å². The maximum Gasteiger partial charge on any atom is 0.269 e. The quantitative estimate of drug-likeness (QED) is 0.912. The Balaban J connectivity index is 1.71. The molecule has 0 radical (unpaired) electrons. The second-order valence-electron chi connectivity index (χ2n) is 5.21. The van der Waals surface area contributed by atoms with Gasteiger partial charge in [-0.15, -0.1) is 11.3 Å². The molecule has 1 aliphatic rings. The van der Waals surface area contributed by atoms with Crippen LogP contribution in [0, 0.1) is 6.92 Å². The number of thiazole rings is 1. The van der Waals surface area contributed by atoms with Crippen molar-refractivity contribution in [3.8, 4) is 0 Å². The third-order valence-electron chi connectivity index (χ3n) is 3.53. The van der Waals surface area contributed by atoms with E-state index in [0.29, 0.717) is 5.69 Å². The van der Waals surface area contributed by atoms with Crippen molar-refractivity contribution in [2.45, 2.75) is 45.6 Å². The van der Waals surface area contributed by atoms with Gasteiger partial charge >= 0.3 is 0 Å². The molecule has 2 aromatic heterocycles. The number of imidazole rings is 1. The van der Waals surface area contributed by atoms with Crippen LogP contribution in [-0.2, 0) is 12.8 Å². The maximum atomic E-state index is 12.1. The van der Waals surface area contributed by atoms with Crippen molar-refractivity contribution < 1.29 is 4.79 Å². The third kappa shape index (κ3) is 2.60. The number of aromatic amines is 1. The fourth-order valence-corrected chi connectivity index (χ4v) is 3.59. The molecular weight excluding hydrogens is 272 g/mol. The summed E-state index contributed by atoms with van der Waals surface area (Å²) >= 11 is 1.73. The second kappa shape index (κ2) is 5.36. The Kier molecular flexibility index (Phi) is 3.56. The zero-order valence-corrected chi connectivity index (χ0v) is 12.5. The molecule has 0 fully saturated rings. The van der Waals surface area contributed by atoms with E-state index in [1.165, 1.54) is 23.4 Å². The molecule has 2 heterocycles. The molecule has 3 rings (SSSR count). The lowest BCUT2D eigenvalue weighted by Gasteiger charge is -2.09. The van der Waals surface area contributed by atoms with Gasteiger partial charge in [0, 0.05) is 4.88 Å². The first-order valence-electron chi connectivity index (χ1n) is 6.94. The van der Waals surface area contributed by atoms with Crippen molar-refractivity contribution in [2.24, 2.45) is 0 Å². The molecule has 0 spiro atoms. The molecule has 1 amide bonds. The summed E-state index contributed by atoms with van der Waals surface area (Å²) in [6.07, 6.45) is 6.25. The number of rotatable bonds is 3. The van der Waals surface area contributed by atoms with Crippen LogP contribution in [0.2, 0.25) is 0 Å². The van der Waals surface area contributed by atoms with E-state index in [0.717, 1.165) is 23.7 Å². The molecule has 0 aromatic carbocycles. The number of aromatic nitrogens is 3. The third-order valence-corrected chi connectivity index (χ3v) is 4.87. The van der Waals surface area contributed by atoms with E-state index in [1.807, 2.05) is 13.8 Å². The number of amides is 1. The Labute approximate surface area is 121 Å². The van der Waals surface area contributed by atoms with Crippen LogP contribution in [0.3, 0.4) is 0 Å². The first-order chi connectivity index (χ1) is 9.63. The maximum absolute atomic E-state index is 12.1. The Morgan fingerprint density at radius 2 is 2.25 bits per heavy atom. The molecule has 1 unspecified atom stereocenters. The molecular formula is C14H18N4OS. The summed E-state index contributed by atoms with van der Waals surface area (Å²) in [7, 11) is 0. The highest BCUT2D eigenvalue weighted by Crippen LogP contribution is 2.29. The fraction of sp³-hybridized carbons (Fsp3) is 0.500. The monoisotopic (exact) mass is 290 g/mol. The van der Waals surface area contributed by atoms with Crippen LogP contribution in [0.15, 0.2) is 6.20 Å². The lowest BCUT2D eigenvalue weighted by atomic mass is 10.0. The number of nitrogens with zero attached hydrogens (tertiary/aromatic N) is 2. The van der Waals surface area contributed by atoms with Crippen LogP contribution in [0.1, 0.15) is 57.7 Å². The van der Waals surface area contributed by atoms with E-state index in [4.69, 9.17) is 0 Å². The summed E-state index contributed by atoms with van der Waals surface area (Å²) in [5.74, 6) is 0.610. The van der Waals surface area contributed by atoms with Crippen molar-refractivity contribution in [3.63, 3.8) is 0 Å². The number of H-pyrrole nitrogens is 1. The zero-order valence-electron chi connectivity index (χ0n) is 11.7. The standard InChI is InChI=1S/C14H18N4OS/c1-8(16-13(19)11-7-15-9(2)17-11)14-18-10-5-3-4-6-12(10)20-14/h7-8H,3-6H2,1-2H3,(H,15,17)(H,16,19). The Morgan fingerprint density at radius 1 is 1.45 bits per heavy atom. The van der Waals surface area contributed by atoms with E-state index in [-0.39, 0.29) is 11.9 Å². The molecule has 20 heavy (non-hydrogen) atoms. The predicted octanol–water partition coefficient (Wildman–Crippen LogP) is 2.54. The highest BCUT2D eigenvalue weighted by Gasteiger charge is 2.20. The Bertz CT molecular complexity index is 607. The molecule has 0 saturated heterocycles.